The van der Waals surface area contributed by atoms with Gasteiger partial charge in [0.15, 0.2) is 5.17 Å². The van der Waals surface area contributed by atoms with Crippen LogP contribution in [0.4, 0.5) is 0 Å². The third kappa shape index (κ3) is 2.90. The van der Waals surface area contributed by atoms with Crippen molar-refractivity contribution < 1.29 is 0 Å². The molecule has 0 bridgehead atoms. The Labute approximate surface area is 97.3 Å². The van der Waals surface area contributed by atoms with E-state index in [9.17, 15) is 0 Å². The number of thioether (sulfide) groups is 1. The minimum absolute atomic E-state index is 0.498. The zero-order valence-corrected chi connectivity index (χ0v) is 10.8. The van der Waals surface area contributed by atoms with E-state index in [1.54, 1.807) is 0 Å². The van der Waals surface area contributed by atoms with Crippen LogP contribution in [0.5, 0.6) is 0 Å². The summed E-state index contributed by atoms with van der Waals surface area (Å²) in [6.45, 7) is 6.81. The van der Waals surface area contributed by atoms with Crippen molar-refractivity contribution in [2.24, 2.45) is 10.9 Å². The molecule has 3 atom stereocenters. The van der Waals surface area contributed by atoms with E-state index in [2.05, 4.69) is 31.1 Å². The maximum absolute atomic E-state index is 4.68. The zero-order chi connectivity index (χ0) is 10.8. The monoisotopic (exact) mass is 226 g/mol. The van der Waals surface area contributed by atoms with Crippen LogP contribution < -0.4 is 5.32 Å². The molecule has 0 saturated heterocycles. The largest absolute Gasteiger partial charge is 0.362 e. The molecule has 2 nitrogen and oxygen atoms in total. The minimum atomic E-state index is 0.498. The summed E-state index contributed by atoms with van der Waals surface area (Å²) in [5.74, 6) is 0.890. The van der Waals surface area contributed by atoms with Crippen LogP contribution in [-0.4, -0.2) is 22.5 Å². The molecule has 1 saturated carbocycles. The topological polar surface area (TPSA) is 24.4 Å². The molecule has 0 aromatic heterocycles. The molecule has 0 aromatic rings. The second-order valence-electron chi connectivity index (χ2n) is 5.07. The fourth-order valence-electron chi connectivity index (χ4n) is 2.33. The molecular weight excluding hydrogens is 204 g/mol. The highest BCUT2D eigenvalue weighted by atomic mass is 32.2. The van der Waals surface area contributed by atoms with Crippen molar-refractivity contribution >= 4 is 16.9 Å². The predicted octanol–water partition coefficient (Wildman–Crippen LogP) is 3.03. The first-order chi connectivity index (χ1) is 7.15. The van der Waals surface area contributed by atoms with Gasteiger partial charge in [0.1, 0.15) is 0 Å². The first-order valence-electron chi connectivity index (χ1n) is 6.16. The van der Waals surface area contributed by atoms with Crippen LogP contribution >= 0.6 is 11.8 Å². The Morgan fingerprint density at radius 3 is 2.67 bits per heavy atom. The lowest BCUT2D eigenvalue weighted by molar-refractivity contribution is 0.259. The van der Waals surface area contributed by atoms with Crippen molar-refractivity contribution in [1.29, 1.82) is 0 Å². The Morgan fingerprint density at radius 1 is 1.40 bits per heavy atom. The lowest BCUT2D eigenvalue weighted by Gasteiger charge is -2.34. The highest BCUT2D eigenvalue weighted by Gasteiger charge is 2.26. The second-order valence-corrected chi connectivity index (χ2v) is 6.50. The highest BCUT2D eigenvalue weighted by molar-refractivity contribution is 8.14. The van der Waals surface area contributed by atoms with Crippen LogP contribution in [0.2, 0.25) is 0 Å². The van der Waals surface area contributed by atoms with Crippen molar-refractivity contribution in [3.63, 3.8) is 0 Å². The Kier molecular flexibility index (Phi) is 3.60. The average Bonchev–Trinajstić information content (AvgIpc) is 1.96. The Bertz CT molecular complexity index is 248. The summed E-state index contributed by atoms with van der Waals surface area (Å²) in [4.78, 5) is 4.68. The number of nitrogens with zero attached hydrogens (tertiary/aromatic N) is 1. The fraction of sp³-hybridized carbons (Fsp3) is 0.917. The van der Waals surface area contributed by atoms with Crippen molar-refractivity contribution in [3.05, 3.63) is 0 Å². The van der Waals surface area contributed by atoms with Gasteiger partial charge in [-0.05, 0) is 39.0 Å². The normalized spacial score (nSPS) is 34.2. The van der Waals surface area contributed by atoms with Gasteiger partial charge in [-0.3, -0.25) is 4.99 Å². The third-order valence-corrected chi connectivity index (χ3v) is 4.57. The van der Waals surface area contributed by atoms with Gasteiger partial charge in [0.2, 0.25) is 0 Å². The number of hydrogen-bond acceptors (Lipinski definition) is 3. The molecule has 0 radical (unpaired) electrons. The molecule has 1 aliphatic heterocycles. The molecule has 1 N–H and O–H groups in total. The minimum Gasteiger partial charge on any atom is -0.362 e. The summed E-state index contributed by atoms with van der Waals surface area (Å²) in [6.07, 6.45) is 5.44. The molecule has 1 heterocycles. The number of aliphatic imine (C=N–C) groups is 1. The van der Waals surface area contributed by atoms with Crippen LogP contribution in [0.1, 0.15) is 46.5 Å². The smallest absolute Gasteiger partial charge is 0.157 e. The van der Waals surface area contributed by atoms with E-state index in [1.807, 2.05) is 11.8 Å². The number of nitrogens with one attached hydrogen (secondary N) is 1. The number of amidine groups is 1. The summed E-state index contributed by atoms with van der Waals surface area (Å²) in [5.41, 5.74) is 0. The lowest BCUT2D eigenvalue weighted by atomic mass is 9.80. The molecule has 86 valence electrons. The molecule has 3 heteroatoms. The van der Waals surface area contributed by atoms with Crippen LogP contribution in [-0.2, 0) is 0 Å². The van der Waals surface area contributed by atoms with E-state index >= 15 is 0 Å². The first kappa shape index (κ1) is 11.3. The number of rotatable bonds is 2. The van der Waals surface area contributed by atoms with Crippen LogP contribution in [0.3, 0.4) is 0 Å². The SMILES string of the molecule is CC1CC(C)SC(NC(C)C2CCC2)=N1. The standard InChI is InChI=1S/C12H22N2S/c1-8-7-9(2)15-12(13-8)14-10(3)11-5-4-6-11/h8-11H,4-7H2,1-3H3,(H,13,14). The van der Waals surface area contributed by atoms with Crippen molar-refractivity contribution in [1.82, 2.24) is 5.32 Å². The van der Waals surface area contributed by atoms with Crippen molar-refractivity contribution in [2.75, 3.05) is 0 Å². The summed E-state index contributed by atoms with van der Waals surface area (Å²) in [6, 6.07) is 1.11. The highest BCUT2D eigenvalue weighted by Crippen LogP contribution is 2.31. The first-order valence-corrected chi connectivity index (χ1v) is 7.04. The predicted molar refractivity (Wildman–Crippen MR) is 68.5 cm³/mol. The van der Waals surface area contributed by atoms with E-state index in [-0.39, 0.29) is 0 Å². The Hall–Kier alpha value is -0.180. The van der Waals surface area contributed by atoms with Crippen LogP contribution in [0, 0.1) is 5.92 Å². The molecular formula is C12H22N2S. The second kappa shape index (κ2) is 4.77. The van der Waals surface area contributed by atoms with Gasteiger partial charge in [0.25, 0.3) is 0 Å². The molecule has 0 amide bonds. The van der Waals surface area contributed by atoms with Crippen molar-refractivity contribution in [3.8, 4) is 0 Å². The zero-order valence-electron chi connectivity index (χ0n) is 9.99. The summed E-state index contributed by atoms with van der Waals surface area (Å²) in [5, 5.41) is 5.49. The molecule has 3 unspecified atom stereocenters. The molecule has 0 spiro atoms. The van der Waals surface area contributed by atoms with E-state index in [1.165, 1.54) is 30.9 Å². The molecule has 2 aliphatic rings. The number of hydrogen-bond donors (Lipinski definition) is 1. The van der Waals surface area contributed by atoms with Gasteiger partial charge in [0, 0.05) is 11.3 Å². The molecule has 1 aliphatic carbocycles. The fourth-order valence-corrected chi connectivity index (χ4v) is 3.58. The van der Waals surface area contributed by atoms with Gasteiger partial charge >= 0.3 is 0 Å². The average molecular weight is 226 g/mol. The quantitative estimate of drug-likeness (QED) is 0.782. The van der Waals surface area contributed by atoms with Gasteiger partial charge in [-0.25, -0.2) is 0 Å². The van der Waals surface area contributed by atoms with E-state index in [4.69, 9.17) is 0 Å². The van der Waals surface area contributed by atoms with Crippen LogP contribution in [0.25, 0.3) is 0 Å². The van der Waals surface area contributed by atoms with E-state index in [0.29, 0.717) is 17.3 Å². The van der Waals surface area contributed by atoms with Gasteiger partial charge in [-0.1, -0.05) is 25.1 Å². The van der Waals surface area contributed by atoms with Crippen LogP contribution in [0.15, 0.2) is 4.99 Å². The molecule has 15 heavy (non-hydrogen) atoms. The molecule has 2 rings (SSSR count). The molecule has 0 aromatic carbocycles. The van der Waals surface area contributed by atoms with Gasteiger partial charge in [0.05, 0.1) is 6.04 Å². The van der Waals surface area contributed by atoms with Gasteiger partial charge in [-0.2, -0.15) is 0 Å². The Balaban J connectivity index is 1.87. The summed E-state index contributed by atoms with van der Waals surface area (Å²) >= 11 is 1.91. The lowest BCUT2D eigenvalue weighted by Crippen LogP contribution is -2.41. The maximum Gasteiger partial charge on any atom is 0.157 e. The maximum atomic E-state index is 4.68. The van der Waals surface area contributed by atoms with Crippen molar-refractivity contribution in [2.45, 2.75) is 63.8 Å². The molecule has 1 fully saturated rings. The Morgan fingerprint density at radius 2 is 2.13 bits per heavy atom. The van der Waals surface area contributed by atoms with E-state index in [0.717, 1.165) is 5.92 Å². The summed E-state index contributed by atoms with van der Waals surface area (Å²) in [7, 11) is 0. The van der Waals surface area contributed by atoms with Gasteiger partial charge < -0.3 is 5.32 Å². The van der Waals surface area contributed by atoms with Gasteiger partial charge in [-0.15, -0.1) is 0 Å². The van der Waals surface area contributed by atoms with E-state index < -0.39 is 0 Å². The third-order valence-electron chi connectivity index (χ3n) is 3.53. The summed E-state index contributed by atoms with van der Waals surface area (Å²) < 4.78 is 0.